The van der Waals surface area contributed by atoms with Crippen LogP contribution in [0.4, 0.5) is 0 Å². The van der Waals surface area contributed by atoms with E-state index in [-0.39, 0.29) is 0 Å². The highest BCUT2D eigenvalue weighted by Crippen LogP contribution is 2.18. The zero-order valence-corrected chi connectivity index (χ0v) is 13.3. The highest BCUT2D eigenvalue weighted by Gasteiger charge is 2.06. The molecule has 2 aromatic carbocycles. The Morgan fingerprint density at radius 1 is 0.917 bits per heavy atom. The maximum absolute atomic E-state index is 10.1. The molecule has 4 heteroatoms. The first-order valence-corrected chi connectivity index (χ1v) is 7.93. The number of aliphatic hydroxyl groups is 1. The van der Waals surface area contributed by atoms with Gasteiger partial charge in [0.1, 0.15) is 5.75 Å². The Kier molecular flexibility index (Phi) is 5.56. The normalized spacial score (nSPS) is 11.9. The number of benzene rings is 2. The highest BCUT2D eigenvalue weighted by atomic mass is 16.5. The van der Waals surface area contributed by atoms with Gasteiger partial charge in [0.25, 0.3) is 0 Å². The van der Waals surface area contributed by atoms with E-state index in [4.69, 9.17) is 4.74 Å². The summed E-state index contributed by atoms with van der Waals surface area (Å²) in [5.41, 5.74) is 1.95. The number of aliphatic hydroxyl groups excluding tert-OH is 1. The first kappa shape index (κ1) is 16.2. The van der Waals surface area contributed by atoms with Gasteiger partial charge in [-0.1, -0.05) is 54.6 Å². The van der Waals surface area contributed by atoms with E-state index >= 15 is 0 Å². The smallest absolute Gasteiger partial charge is 0.219 e. The maximum Gasteiger partial charge on any atom is 0.219 e. The van der Waals surface area contributed by atoms with Gasteiger partial charge in [0.05, 0.1) is 6.10 Å². The summed E-state index contributed by atoms with van der Waals surface area (Å²) in [6, 6.07) is 23.0. The van der Waals surface area contributed by atoms with Crippen LogP contribution in [0.15, 0.2) is 79.0 Å². The molecule has 0 radical (unpaired) electrons. The summed E-state index contributed by atoms with van der Waals surface area (Å²) in [6.07, 6.45) is 1.26. The molecule has 2 N–H and O–H groups in total. The van der Waals surface area contributed by atoms with Crippen molar-refractivity contribution in [3.63, 3.8) is 0 Å². The van der Waals surface area contributed by atoms with Crippen LogP contribution in [0.1, 0.15) is 17.2 Å². The van der Waals surface area contributed by atoms with Gasteiger partial charge in [-0.3, -0.25) is 0 Å². The van der Waals surface area contributed by atoms with E-state index in [0.717, 1.165) is 16.9 Å². The molecule has 3 aromatic rings. The minimum atomic E-state index is -0.514. The van der Waals surface area contributed by atoms with Gasteiger partial charge in [0, 0.05) is 25.4 Å². The van der Waals surface area contributed by atoms with Crippen molar-refractivity contribution >= 4 is 0 Å². The van der Waals surface area contributed by atoms with Crippen molar-refractivity contribution < 1.29 is 9.84 Å². The number of ether oxygens (including phenoxy) is 1. The molecule has 122 valence electrons. The first-order valence-electron chi connectivity index (χ1n) is 7.93. The van der Waals surface area contributed by atoms with Crippen molar-refractivity contribution in [1.29, 1.82) is 0 Å². The van der Waals surface area contributed by atoms with Crippen molar-refractivity contribution in [3.8, 4) is 11.6 Å². The Morgan fingerprint density at radius 2 is 1.62 bits per heavy atom. The summed E-state index contributed by atoms with van der Waals surface area (Å²) in [4.78, 5) is 4.31. The number of para-hydroxylation sites is 1. The molecule has 0 aliphatic rings. The van der Waals surface area contributed by atoms with Gasteiger partial charge in [-0.25, -0.2) is 4.98 Å². The summed E-state index contributed by atoms with van der Waals surface area (Å²) in [5.74, 6) is 1.33. The predicted molar refractivity (Wildman–Crippen MR) is 93.9 cm³/mol. The van der Waals surface area contributed by atoms with Crippen LogP contribution in [0, 0.1) is 0 Å². The number of nitrogens with zero attached hydrogens (tertiary/aromatic N) is 1. The molecule has 0 saturated carbocycles. The zero-order chi connectivity index (χ0) is 16.6. The van der Waals surface area contributed by atoms with Crippen LogP contribution in [0.3, 0.4) is 0 Å². The standard InChI is InChI=1S/C20H20N2O2/c23-19(17-7-3-1-4-8-17)15-21-13-16-11-12-20(22-14-16)24-18-9-5-2-6-10-18/h1-12,14,19,21,23H,13,15H2/t19-/m1/s1. The minimum absolute atomic E-state index is 0.492. The molecule has 0 fully saturated rings. The second-order valence-corrected chi connectivity index (χ2v) is 5.48. The lowest BCUT2D eigenvalue weighted by molar-refractivity contribution is 0.174. The van der Waals surface area contributed by atoms with E-state index in [1.54, 1.807) is 6.20 Å². The number of rotatable bonds is 7. The highest BCUT2D eigenvalue weighted by molar-refractivity contribution is 5.27. The Hall–Kier alpha value is -2.69. The second-order valence-electron chi connectivity index (χ2n) is 5.48. The summed E-state index contributed by atoms with van der Waals surface area (Å²) in [6.45, 7) is 1.13. The SMILES string of the molecule is O[C@H](CNCc1ccc(Oc2ccccc2)nc1)c1ccccc1. The number of aromatic nitrogens is 1. The monoisotopic (exact) mass is 320 g/mol. The van der Waals surface area contributed by atoms with E-state index in [1.807, 2.05) is 72.8 Å². The van der Waals surface area contributed by atoms with Gasteiger partial charge >= 0.3 is 0 Å². The molecular weight excluding hydrogens is 300 g/mol. The van der Waals surface area contributed by atoms with Gasteiger partial charge in [0.15, 0.2) is 0 Å². The zero-order valence-electron chi connectivity index (χ0n) is 13.3. The fourth-order valence-corrected chi connectivity index (χ4v) is 2.33. The molecule has 0 aliphatic heterocycles. The third kappa shape index (κ3) is 4.65. The van der Waals surface area contributed by atoms with Crippen LogP contribution >= 0.6 is 0 Å². The Balaban J connectivity index is 1.48. The van der Waals surface area contributed by atoms with Gasteiger partial charge in [-0.15, -0.1) is 0 Å². The molecular formula is C20H20N2O2. The van der Waals surface area contributed by atoms with Gasteiger partial charge in [-0.05, 0) is 23.3 Å². The third-order valence-corrected chi connectivity index (χ3v) is 3.61. The molecule has 1 aromatic heterocycles. The average Bonchev–Trinajstić information content (AvgIpc) is 2.65. The Labute approximate surface area is 141 Å². The summed E-state index contributed by atoms with van der Waals surface area (Å²) in [7, 11) is 0. The molecule has 24 heavy (non-hydrogen) atoms. The molecule has 1 atom stereocenters. The van der Waals surface area contributed by atoms with E-state index < -0.39 is 6.10 Å². The van der Waals surface area contributed by atoms with Crippen molar-refractivity contribution in [2.75, 3.05) is 6.54 Å². The van der Waals surface area contributed by atoms with Crippen molar-refractivity contribution in [2.45, 2.75) is 12.6 Å². The molecule has 0 unspecified atom stereocenters. The molecule has 0 amide bonds. The summed E-state index contributed by atoms with van der Waals surface area (Å²) < 4.78 is 5.66. The van der Waals surface area contributed by atoms with Gasteiger partial charge in [0.2, 0.25) is 5.88 Å². The van der Waals surface area contributed by atoms with Crippen molar-refractivity contribution in [3.05, 3.63) is 90.1 Å². The molecule has 4 nitrogen and oxygen atoms in total. The number of hydrogen-bond donors (Lipinski definition) is 2. The van der Waals surface area contributed by atoms with E-state index in [0.29, 0.717) is 19.0 Å². The Morgan fingerprint density at radius 3 is 2.29 bits per heavy atom. The van der Waals surface area contributed by atoms with Crippen LogP contribution in [-0.2, 0) is 6.54 Å². The van der Waals surface area contributed by atoms with Crippen molar-refractivity contribution in [1.82, 2.24) is 10.3 Å². The molecule has 0 saturated heterocycles. The van der Waals surface area contributed by atoms with Gasteiger partial charge in [-0.2, -0.15) is 0 Å². The predicted octanol–water partition coefficient (Wildman–Crippen LogP) is 3.70. The topological polar surface area (TPSA) is 54.4 Å². The van der Waals surface area contributed by atoms with E-state index in [2.05, 4.69) is 10.3 Å². The van der Waals surface area contributed by atoms with Gasteiger partial charge < -0.3 is 15.2 Å². The van der Waals surface area contributed by atoms with Crippen molar-refractivity contribution in [2.24, 2.45) is 0 Å². The molecule has 1 heterocycles. The van der Waals surface area contributed by atoms with Crippen LogP contribution < -0.4 is 10.1 Å². The number of hydrogen-bond acceptors (Lipinski definition) is 4. The molecule has 0 spiro atoms. The largest absolute Gasteiger partial charge is 0.439 e. The number of pyridine rings is 1. The molecule has 0 aliphatic carbocycles. The third-order valence-electron chi connectivity index (χ3n) is 3.61. The van der Waals surface area contributed by atoms with E-state index in [9.17, 15) is 5.11 Å². The first-order chi connectivity index (χ1) is 11.8. The van der Waals surface area contributed by atoms with E-state index in [1.165, 1.54) is 0 Å². The summed E-state index contributed by atoms with van der Waals surface area (Å²) >= 11 is 0. The summed E-state index contributed by atoms with van der Waals surface area (Å²) in [5, 5.41) is 13.3. The molecule has 0 bridgehead atoms. The fraction of sp³-hybridized carbons (Fsp3) is 0.150. The minimum Gasteiger partial charge on any atom is -0.439 e. The van der Waals surface area contributed by atoms with Crippen LogP contribution in [0.2, 0.25) is 0 Å². The Bertz CT molecular complexity index is 731. The lowest BCUT2D eigenvalue weighted by atomic mass is 10.1. The number of nitrogens with one attached hydrogen (secondary N) is 1. The lowest BCUT2D eigenvalue weighted by Crippen LogP contribution is -2.21. The quantitative estimate of drug-likeness (QED) is 0.697. The average molecular weight is 320 g/mol. The second kappa shape index (κ2) is 8.24. The van der Waals surface area contributed by atoms with Crippen LogP contribution in [0.5, 0.6) is 11.6 Å². The van der Waals surface area contributed by atoms with Crippen LogP contribution in [-0.4, -0.2) is 16.6 Å². The lowest BCUT2D eigenvalue weighted by Gasteiger charge is -2.12. The fourth-order valence-electron chi connectivity index (χ4n) is 2.33. The molecule has 3 rings (SSSR count). The van der Waals surface area contributed by atoms with Crippen LogP contribution in [0.25, 0.3) is 0 Å². The maximum atomic E-state index is 10.1.